The first-order valence-corrected chi connectivity index (χ1v) is 6.33. The van der Waals surface area contributed by atoms with Crippen molar-refractivity contribution in [2.24, 2.45) is 0 Å². The molecule has 2 heteroatoms. The Labute approximate surface area is 95.0 Å². The molecule has 15 heavy (non-hydrogen) atoms. The molecular formula is C13H26NO. The number of hydrogen-bond donors (Lipinski definition) is 0. The monoisotopic (exact) mass is 212 g/mol. The predicted molar refractivity (Wildman–Crippen MR) is 65.6 cm³/mol. The summed E-state index contributed by atoms with van der Waals surface area (Å²) < 4.78 is 0. The molecule has 0 N–H and O–H groups in total. The normalized spacial score (nSPS) is 10.3. The molecule has 0 rings (SSSR count). The molecule has 0 aromatic carbocycles. The smallest absolute Gasteiger partial charge is 0.222 e. The highest BCUT2D eigenvalue weighted by Crippen LogP contribution is 2.04. The summed E-state index contributed by atoms with van der Waals surface area (Å²) in [5, 5.41) is 0. The van der Waals surface area contributed by atoms with E-state index in [1.165, 1.54) is 25.7 Å². The molecule has 0 aliphatic heterocycles. The molecule has 0 aliphatic rings. The van der Waals surface area contributed by atoms with Crippen molar-refractivity contribution < 1.29 is 4.79 Å². The standard InChI is InChI=1S/C13H26NO/c1-4-7-9-11-14(13(15)6-3)12-10-8-5-2/h3-12H2,1-2H3. The van der Waals surface area contributed by atoms with Crippen LogP contribution in [0.2, 0.25) is 0 Å². The van der Waals surface area contributed by atoms with Crippen molar-refractivity contribution >= 4 is 5.91 Å². The van der Waals surface area contributed by atoms with Crippen molar-refractivity contribution in [2.45, 2.75) is 58.8 Å². The Balaban J connectivity index is 3.79. The molecule has 0 atom stereocenters. The number of nitrogens with zero attached hydrogens (tertiary/aromatic N) is 1. The Bertz CT molecular complexity index is 147. The van der Waals surface area contributed by atoms with Crippen LogP contribution in [0.5, 0.6) is 0 Å². The molecule has 0 aromatic rings. The van der Waals surface area contributed by atoms with E-state index >= 15 is 0 Å². The van der Waals surface area contributed by atoms with Gasteiger partial charge in [-0.05, 0) is 19.8 Å². The quantitative estimate of drug-likeness (QED) is 0.536. The Morgan fingerprint density at radius 1 is 1.00 bits per heavy atom. The molecule has 0 fully saturated rings. The molecule has 0 unspecified atom stereocenters. The van der Waals surface area contributed by atoms with Crippen LogP contribution in [0.25, 0.3) is 0 Å². The van der Waals surface area contributed by atoms with Crippen LogP contribution in [0.1, 0.15) is 58.8 Å². The van der Waals surface area contributed by atoms with Crippen molar-refractivity contribution in [2.75, 3.05) is 13.1 Å². The Kier molecular flexibility index (Phi) is 9.65. The average Bonchev–Trinajstić information content (AvgIpc) is 2.26. The molecule has 0 saturated carbocycles. The third-order valence-corrected chi connectivity index (χ3v) is 2.63. The Morgan fingerprint density at radius 3 is 1.80 bits per heavy atom. The molecule has 0 aliphatic carbocycles. The van der Waals surface area contributed by atoms with Crippen molar-refractivity contribution in [3.05, 3.63) is 6.92 Å². The number of amides is 1. The van der Waals surface area contributed by atoms with Gasteiger partial charge in [-0.15, -0.1) is 0 Å². The zero-order valence-corrected chi connectivity index (χ0v) is 10.4. The molecule has 0 saturated heterocycles. The molecule has 0 spiro atoms. The highest BCUT2D eigenvalue weighted by molar-refractivity contribution is 5.76. The number of carbonyl (C=O) groups excluding carboxylic acids is 1. The Hall–Kier alpha value is -0.530. The van der Waals surface area contributed by atoms with Crippen LogP contribution >= 0.6 is 0 Å². The van der Waals surface area contributed by atoms with Gasteiger partial charge >= 0.3 is 0 Å². The summed E-state index contributed by atoms with van der Waals surface area (Å²) in [4.78, 5) is 13.5. The van der Waals surface area contributed by atoms with Gasteiger partial charge in [0.15, 0.2) is 0 Å². The molecule has 0 heterocycles. The van der Waals surface area contributed by atoms with E-state index in [2.05, 4.69) is 20.8 Å². The summed E-state index contributed by atoms with van der Waals surface area (Å²) in [6, 6.07) is 0. The summed E-state index contributed by atoms with van der Waals surface area (Å²) >= 11 is 0. The second-order valence-electron chi connectivity index (χ2n) is 4.05. The van der Waals surface area contributed by atoms with Crippen LogP contribution < -0.4 is 0 Å². The van der Waals surface area contributed by atoms with E-state index in [9.17, 15) is 4.79 Å². The fourth-order valence-electron chi connectivity index (χ4n) is 1.62. The number of carbonyl (C=O) groups is 1. The summed E-state index contributed by atoms with van der Waals surface area (Å²) in [6.07, 6.45) is 7.52. The van der Waals surface area contributed by atoms with E-state index < -0.39 is 0 Å². The maximum Gasteiger partial charge on any atom is 0.222 e. The van der Waals surface area contributed by atoms with Gasteiger partial charge in [0.25, 0.3) is 0 Å². The molecule has 2 nitrogen and oxygen atoms in total. The summed E-state index contributed by atoms with van der Waals surface area (Å²) in [6.45, 7) is 9.89. The van der Waals surface area contributed by atoms with Gasteiger partial charge < -0.3 is 4.90 Å². The molecular weight excluding hydrogens is 186 g/mol. The second kappa shape index (κ2) is 10.0. The lowest BCUT2D eigenvalue weighted by Gasteiger charge is -2.22. The van der Waals surface area contributed by atoms with Gasteiger partial charge in [-0.2, -0.15) is 0 Å². The molecule has 1 amide bonds. The maximum absolute atomic E-state index is 11.6. The second-order valence-corrected chi connectivity index (χ2v) is 4.05. The van der Waals surface area contributed by atoms with Gasteiger partial charge in [0.1, 0.15) is 0 Å². The first kappa shape index (κ1) is 14.5. The number of hydrogen-bond acceptors (Lipinski definition) is 1. The van der Waals surface area contributed by atoms with E-state index in [1.807, 2.05) is 4.90 Å². The van der Waals surface area contributed by atoms with Gasteiger partial charge in [0.2, 0.25) is 5.91 Å². The van der Waals surface area contributed by atoms with E-state index in [-0.39, 0.29) is 5.91 Å². The lowest BCUT2D eigenvalue weighted by Crippen LogP contribution is -2.32. The lowest BCUT2D eigenvalue weighted by molar-refractivity contribution is -0.130. The summed E-state index contributed by atoms with van der Waals surface area (Å²) in [5.41, 5.74) is 0. The minimum Gasteiger partial charge on any atom is -0.343 e. The van der Waals surface area contributed by atoms with Crippen LogP contribution in [0, 0.1) is 6.92 Å². The lowest BCUT2D eigenvalue weighted by atomic mass is 10.2. The highest BCUT2D eigenvalue weighted by atomic mass is 16.2. The number of unbranched alkanes of at least 4 members (excludes halogenated alkanes) is 4. The minimum atomic E-state index is 0.210. The van der Waals surface area contributed by atoms with Gasteiger partial charge in [-0.25, -0.2) is 0 Å². The van der Waals surface area contributed by atoms with E-state index in [4.69, 9.17) is 0 Å². The first-order chi connectivity index (χ1) is 7.26. The zero-order valence-electron chi connectivity index (χ0n) is 10.4. The minimum absolute atomic E-state index is 0.210. The first-order valence-electron chi connectivity index (χ1n) is 6.33. The molecule has 1 radical (unpaired) electrons. The van der Waals surface area contributed by atoms with Crippen LogP contribution in [-0.2, 0) is 4.79 Å². The molecule has 0 aromatic heterocycles. The van der Waals surface area contributed by atoms with E-state index in [0.717, 1.165) is 25.9 Å². The average molecular weight is 212 g/mol. The summed E-state index contributed by atoms with van der Waals surface area (Å²) in [7, 11) is 0. The third kappa shape index (κ3) is 7.40. The van der Waals surface area contributed by atoms with Crippen molar-refractivity contribution in [1.82, 2.24) is 4.90 Å². The molecule has 89 valence electrons. The highest BCUT2D eigenvalue weighted by Gasteiger charge is 2.09. The fraction of sp³-hybridized carbons (Fsp3) is 0.846. The van der Waals surface area contributed by atoms with Crippen molar-refractivity contribution in [1.29, 1.82) is 0 Å². The van der Waals surface area contributed by atoms with Gasteiger partial charge in [0, 0.05) is 19.5 Å². The van der Waals surface area contributed by atoms with Crippen LogP contribution in [-0.4, -0.2) is 23.9 Å². The topological polar surface area (TPSA) is 20.3 Å². The Morgan fingerprint density at radius 2 is 1.47 bits per heavy atom. The fourth-order valence-corrected chi connectivity index (χ4v) is 1.62. The third-order valence-electron chi connectivity index (χ3n) is 2.63. The number of rotatable bonds is 9. The zero-order chi connectivity index (χ0) is 11.5. The molecule has 0 bridgehead atoms. The predicted octanol–water partition coefficient (Wildman–Crippen LogP) is 3.42. The van der Waals surface area contributed by atoms with Gasteiger partial charge in [-0.3, -0.25) is 4.79 Å². The van der Waals surface area contributed by atoms with Crippen LogP contribution in [0.15, 0.2) is 0 Å². The van der Waals surface area contributed by atoms with Gasteiger partial charge in [0.05, 0.1) is 0 Å². The van der Waals surface area contributed by atoms with Crippen molar-refractivity contribution in [3.63, 3.8) is 0 Å². The van der Waals surface area contributed by atoms with Crippen molar-refractivity contribution in [3.8, 4) is 0 Å². The van der Waals surface area contributed by atoms with Crippen LogP contribution in [0.4, 0.5) is 0 Å². The SMILES string of the molecule is [CH2]CC(=O)N(CCCCC)CCCCC. The van der Waals surface area contributed by atoms with Crippen LogP contribution in [0.3, 0.4) is 0 Å². The largest absolute Gasteiger partial charge is 0.343 e. The van der Waals surface area contributed by atoms with Gasteiger partial charge in [-0.1, -0.05) is 39.5 Å². The van der Waals surface area contributed by atoms with E-state index in [1.54, 1.807) is 0 Å². The van der Waals surface area contributed by atoms with E-state index in [0.29, 0.717) is 6.42 Å². The maximum atomic E-state index is 11.6. The summed E-state index contributed by atoms with van der Waals surface area (Å²) in [5.74, 6) is 0.210.